The highest BCUT2D eigenvalue weighted by atomic mass is 16.3. The van der Waals surface area contributed by atoms with Crippen LogP contribution < -0.4 is 0 Å². The number of aryl methyl sites for hydroxylation is 1. The second kappa shape index (κ2) is 10.6. The first-order valence-corrected chi connectivity index (χ1v) is 18.4. The lowest BCUT2D eigenvalue weighted by Crippen LogP contribution is -2.16. The van der Waals surface area contributed by atoms with E-state index in [1.807, 2.05) is 0 Å². The van der Waals surface area contributed by atoms with E-state index in [1.165, 1.54) is 101 Å². The van der Waals surface area contributed by atoms with Gasteiger partial charge in [-0.2, -0.15) is 0 Å². The van der Waals surface area contributed by atoms with Crippen molar-refractivity contribution in [3.05, 3.63) is 154 Å². The summed E-state index contributed by atoms with van der Waals surface area (Å²) in [6, 6.07) is 42.0. The zero-order chi connectivity index (χ0) is 34.7. The number of fused-ring (bicyclic) bond motifs is 9. The van der Waals surface area contributed by atoms with E-state index < -0.39 is 0 Å². The summed E-state index contributed by atoms with van der Waals surface area (Å²) in [5.41, 5.74) is 23.7. The zero-order valence-corrected chi connectivity index (χ0v) is 30.5. The lowest BCUT2D eigenvalue weighted by atomic mass is 9.79. The molecule has 0 atom stereocenters. The predicted octanol–water partition coefficient (Wildman–Crippen LogP) is 12.4. The Hall–Kier alpha value is -4.72. The van der Waals surface area contributed by atoms with E-state index in [0.29, 0.717) is 0 Å². The van der Waals surface area contributed by atoms with Crippen molar-refractivity contribution < 1.29 is 5.11 Å². The van der Waals surface area contributed by atoms with Gasteiger partial charge in [0.1, 0.15) is 0 Å². The molecular weight excluding hydrogens is 605 g/mol. The SMILES string of the molecule is CCCc1ccc2c(c1)C(C)(C)c1cc(-c3ccc4c(c3)C(C)(C)c3cc(-c5ccc6c(c5)C(C)(C)c5cc(CO)ccc5-6)ccc3-4)ccc1-2. The largest absolute Gasteiger partial charge is 0.392 e. The summed E-state index contributed by atoms with van der Waals surface area (Å²) in [6.45, 7) is 16.5. The van der Waals surface area contributed by atoms with Crippen LogP contribution in [0.5, 0.6) is 0 Å². The molecule has 0 unspecified atom stereocenters. The fourth-order valence-corrected chi connectivity index (χ4v) is 9.57. The average molecular weight is 651 g/mol. The molecule has 3 aliphatic rings. The van der Waals surface area contributed by atoms with Crippen LogP contribution in [0.15, 0.2) is 109 Å². The van der Waals surface area contributed by atoms with Gasteiger partial charge in [0.2, 0.25) is 0 Å². The fourth-order valence-electron chi connectivity index (χ4n) is 9.57. The number of benzene rings is 6. The molecule has 0 spiro atoms. The number of aliphatic hydroxyl groups is 1. The van der Waals surface area contributed by atoms with Gasteiger partial charge in [0.25, 0.3) is 0 Å². The maximum absolute atomic E-state index is 9.81. The summed E-state index contributed by atoms with van der Waals surface area (Å²) in [5.74, 6) is 0. The Morgan fingerprint density at radius 3 is 0.980 bits per heavy atom. The Morgan fingerprint density at radius 1 is 0.380 bits per heavy atom. The quantitative estimate of drug-likeness (QED) is 0.197. The van der Waals surface area contributed by atoms with Gasteiger partial charge in [-0.3, -0.25) is 0 Å². The van der Waals surface area contributed by atoms with E-state index >= 15 is 0 Å². The summed E-state index contributed by atoms with van der Waals surface area (Å²) < 4.78 is 0. The zero-order valence-electron chi connectivity index (χ0n) is 30.5. The molecule has 50 heavy (non-hydrogen) atoms. The van der Waals surface area contributed by atoms with Crippen LogP contribution in [0, 0.1) is 0 Å². The molecule has 0 aliphatic heterocycles. The summed E-state index contributed by atoms with van der Waals surface area (Å²) in [4.78, 5) is 0. The lowest BCUT2D eigenvalue weighted by Gasteiger charge is -2.24. The van der Waals surface area contributed by atoms with Crippen molar-refractivity contribution in [1.82, 2.24) is 0 Å². The summed E-state index contributed by atoms with van der Waals surface area (Å²) in [6.07, 6.45) is 2.30. The topological polar surface area (TPSA) is 20.2 Å². The van der Waals surface area contributed by atoms with Crippen LogP contribution in [0.25, 0.3) is 55.6 Å². The molecule has 0 saturated heterocycles. The van der Waals surface area contributed by atoms with E-state index in [9.17, 15) is 5.11 Å². The molecule has 1 heteroatoms. The number of hydrogen-bond acceptors (Lipinski definition) is 1. The van der Waals surface area contributed by atoms with Crippen molar-refractivity contribution in [2.24, 2.45) is 0 Å². The smallest absolute Gasteiger partial charge is 0.0681 e. The predicted molar refractivity (Wildman–Crippen MR) is 210 cm³/mol. The van der Waals surface area contributed by atoms with Crippen molar-refractivity contribution in [3.63, 3.8) is 0 Å². The maximum Gasteiger partial charge on any atom is 0.0681 e. The highest BCUT2D eigenvalue weighted by molar-refractivity contribution is 5.89. The molecule has 3 aliphatic carbocycles. The van der Waals surface area contributed by atoms with Crippen LogP contribution in [0.3, 0.4) is 0 Å². The second-order valence-corrected chi connectivity index (χ2v) is 16.6. The number of hydrogen-bond donors (Lipinski definition) is 1. The van der Waals surface area contributed by atoms with E-state index in [4.69, 9.17) is 0 Å². The Bertz CT molecular complexity index is 2400. The van der Waals surface area contributed by atoms with Crippen molar-refractivity contribution >= 4 is 0 Å². The van der Waals surface area contributed by atoms with Crippen molar-refractivity contribution in [1.29, 1.82) is 0 Å². The van der Waals surface area contributed by atoms with Gasteiger partial charge in [0.05, 0.1) is 6.61 Å². The first-order chi connectivity index (χ1) is 23.9. The molecule has 0 amide bonds. The molecule has 6 aromatic rings. The van der Waals surface area contributed by atoms with Gasteiger partial charge in [-0.1, -0.05) is 140 Å². The van der Waals surface area contributed by atoms with E-state index in [-0.39, 0.29) is 22.9 Å². The third-order valence-corrected chi connectivity index (χ3v) is 12.5. The van der Waals surface area contributed by atoms with Gasteiger partial charge in [0, 0.05) is 16.2 Å². The molecule has 0 bridgehead atoms. The van der Waals surface area contributed by atoms with E-state index in [1.54, 1.807) is 0 Å². The Balaban J connectivity index is 1.06. The van der Waals surface area contributed by atoms with Crippen molar-refractivity contribution in [2.75, 3.05) is 0 Å². The van der Waals surface area contributed by atoms with Crippen molar-refractivity contribution in [3.8, 4) is 55.6 Å². The van der Waals surface area contributed by atoms with Crippen LogP contribution >= 0.6 is 0 Å². The van der Waals surface area contributed by atoms with Gasteiger partial charge in [-0.05, 0) is 131 Å². The average Bonchev–Trinajstić information content (AvgIpc) is 3.59. The first kappa shape index (κ1) is 31.3. The minimum atomic E-state index is -0.123. The second-order valence-electron chi connectivity index (χ2n) is 16.6. The minimum absolute atomic E-state index is 0.0228. The minimum Gasteiger partial charge on any atom is -0.392 e. The highest BCUT2D eigenvalue weighted by Gasteiger charge is 2.39. The molecule has 248 valence electrons. The number of rotatable bonds is 5. The molecule has 0 aromatic heterocycles. The van der Waals surface area contributed by atoms with Crippen LogP contribution in [-0.4, -0.2) is 5.11 Å². The van der Waals surface area contributed by atoms with Gasteiger partial charge < -0.3 is 5.11 Å². The Labute approximate surface area is 297 Å². The molecule has 0 radical (unpaired) electrons. The molecule has 1 nitrogen and oxygen atoms in total. The van der Waals surface area contributed by atoms with Gasteiger partial charge in [0.15, 0.2) is 0 Å². The van der Waals surface area contributed by atoms with E-state index in [0.717, 1.165) is 12.0 Å². The molecule has 6 aromatic carbocycles. The van der Waals surface area contributed by atoms with Gasteiger partial charge >= 0.3 is 0 Å². The van der Waals surface area contributed by atoms with Crippen LogP contribution in [0.1, 0.15) is 99.4 Å². The molecular formula is C49H46O. The highest BCUT2D eigenvalue weighted by Crippen LogP contribution is 2.54. The van der Waals surface area contributed by atoms with Crippen LogP contribution in [-0.2, 0) is 29.3 Å². The molecule has 9 rings (SSSR count). The molecule has 0 saturated carbocycles. The third-order valence-electron chi connectivity index (χ3n) is 12.5. The van der Waals surface area contributed by atoms with Gasteiger partial charge in [-0.15, -0.1) is 0 Å². The Kier molecular flexibility index (Phi) is 6.66. The van der Waals surface area contributed by atoms with E-state index in [2.05, 4.69) is 158 Å². The number of aliphatic hydroxyl groups excluding tert-OH is 1. The lowest BCUT2D eigenvalue weighted by molar-refractivity contribution is 0.281. The standard InChI is InChI=1S/C49H46O/c1-8-9-29-10-16-35-37-18-12-31(24-43(37)47(2,3)41(35)22-29)33-14-20-39-40-21-15-34(27-46(40)49(6,7)45(39)26-33)32-13-19-38-36-17-11-30(28-50)23-42(36)48(4,5)44(38)25-32/h10-27,50H,8-9,28H2,1-7H3. The normalized spacial score (nSPS) is 16.3. The van der Waals surface area contributed by atoms with Gasteiger partial charge in [-0.25, -0.2) is 0 Å². The summed E-state index contributed by atoms with van der Waals surface area (Å²) >= 11 is 0. The fraction of sp³-hybridized carbons (Fsp3) is 0.265. The first-order valence-electron chi connectivity index (χ1n) is 18.4. The Morgan fingerprint density at radius 2 is 0.660 bits per heavy atom. The third kappa shape index (κ3) is 4.29. The molecule has 1 N–H and O–H groups in total. The summed E-state index contributed by atoms with van der Waals surface area (Å²) in [7, 11) is 0. The summed E-state index contributed by atoms with van der Waals surface area (Å²) in [5, 5.41) is 9.81. The monoisotopic (exact) mass is 650 g/mol. The van der Waals surface area contributed by atoms with Crippen LogP contribution in [0.4, 0.5) is 0 Å². The molecule has 0 fully saturated rings. The maximum atomic E-state index is 9.81. The van der Waals surface area contributed by atoms with Crippen LogP contribution in [0.2, 0.25) is 0 Å². The van der Waals surface area contributed by atoms with Crippen molar-refractivity contribution in [2.45, 2.75) is 84.2 Å². The molecule has 0 heterocycles.